The summed E-state index contributed by atoms with van der Waals surface area (Å²) in [7, 11) is 0. The summed E-state index contributed by atoms with van der Waals surface area (Å²) in [6.45, 7) is 2.46. The molecular formula is C17H24ClNO2S. The lowest BCUT2D eigenvalue weighted by atomic mass is 10.0. The van der Waals surface area contributed by atoms with Crippen LogP contribution in [0.25, 0.3) is 0 Å². The van der Waals surface area contributed by atoms with Crippen molar-refractivity contribution in [2.45, 2.75) is 50.4 Å². The Balaban J connectivity index is 1.62. The summed E-state index contributed by atoms with van der Waals surface area (Å²) in [5, 5.41) is 4.39. The molecule has 22 heavy (non-hydrogen) atoms. The minimum absolute atomic E-state index is 0.0702. The van der Waals surface area contributed by atoms with Crippen molar-refractivity contribution in [3.8, 4) is 5.75 Å². The summed E-state index contributed by atoms with van der Waals surface area (Å²) in [6, 6.07) is 7.04. The van der Waals surface area contributed by atoms with Crippen molar-refractivity contribution >= 4 is 29.3 Å². The van der Waals surface area contributed by atoms with Crippen molar-refractivity contribution in [3.63, 3.8) is 0 Å². The van der Waals surface area contributed by atoms with Gasteiger partial charge in [-0.1, -0.05) is 30.9 Å². The zero-order valence-electron chi connectivity index (χ0n) is 13.0. The van der Waals surface area contributed by atoms with Gasteiger partial charge in [-0.2, -0.15) is 11.8 Å². The van der Waals surface area contributed by atoms with Crippen LogP contribution in [-0.2, 0) is 4.79 Å². The lowest BCUT2D eigenvalue weighted by molar-refractivity contribution is -0.127. The highest BCUT2D eigenvalue weighted by Crippen LogP contribution is 2.27. The largest absolute Gasteiger partial charge is 0.481 e. The number of ether oxygens (including phenoxy) is 1. The van der Waals surface area contributed by atoms with Crippen molar-refractivity contribution in [2.75, 3.05) is 12.3 Å². The number of hydrogen-bond acceptors (Lipinski definition) is 3. The first-order chi connectivity index (χ1) is 10.6. The van der Waals surface area contributed by atoms with Gasteiger partial charge in [-0.05, 0) is 44.0 Å². The van der Waals surface area contributed by atoms with Gasteiger partial charge >= 0.3 is 0 Å². The molecule has 1 aromatic rings. The smallest absolute Gasteiger partial charge is 0.260 e. The molecule has 0 aromatic heterocycles. The first-order valence-electron chi connectivity index (χ1n) is 7.96. The van der Waals surface area contributed by atoms with Crippen LogP contribution in [-0.4, -0.2) is 29.6 Å². The fraction of sp³-hybridized carbons (Fsp3) is 0.588. The van der Waals surface area contributed by atoms with Crippen LogP contribution >= 0.6 is 23.4 Å². The first-order valence-corrected chi connectivity index (χ1v) is 9.39. The highest BCUT2D eigenvalue weighted by molar-refractivity contribution is 7.99. The fourth-order valence-corrected chi connectivity index (χ4v) is 3.89. The van der Waals surface area contributed by atoms with Gasteiger partial charge in [0.15, 0.2) is 6.10 Å². The molecule has 1 aliphatic rings. The number of halogens is 1. The second kappa shape index (κ2) is 9.31. The van der Waals surface area contributed by atoms with Gasteiger partial charge in [0.25, 0.3) is 5.91 Å². The van der Waals surface area contributed by atoms with Crippen LogP contribution in [0.1, 0.15) is 39.0 Å². The molecule has 1 aromatic carbocycles. The predicted molar refractivity (Wildman–Crippen MR) is 93.9 cm³/mol. The normalized spacial score (nSPS) is 17.0. The van der Waals surface area contributed by atoms with Crippen LogP contribution in [0.4, 0.5) is 0 Å². The zero-order chi connectivity index (χ0) is 15.8. The maximum atomic E-state index is 12.0. The lowest BCUT2D eigenvalue weighted by Crippen LogP contribution is -2.37. The van der Waals surface area contributed by atoms with E-state index in [1.54, 1.807) is 31.2 Å². The average molecular weight is 342 g/mol. The molecule has 0 bridgehead atoms. The zero-order valence-corrected chi connectivity index (χ0v) is 14.6. The van der Waals surface area contributed by atoms with Crippen molar-refractivity contribution in [1.82, 2.24) is 5.32 Å². The standard InChI is InChI=1S/C17H24ClNO2S/c1-13(21-15-9-7-14(18)8-10-15)17(20)19-11-12-22-16-5-3-2-4-6-16/h7-10,13,16H,2-6,11-12H2,1H3,(H,19,20)/t13-/m1/s1. The van der Waals surface area contributed by atoms with Gasteiger partial charge in [0.2, 0.25) is 0 Å². The van der Waals surface area contributed by atoms with E-state index in [1.807, 2.05) is 11.8 Å². The van der Waals surface area contributed by atoms with Gasteiger partial charge < -0.3 is 10.1 Å². The minimum atomic E-state index is -0.499. The molecule has 1 aliphatic carbocycles. The average Bonchev–Trinajstić information content (AvgIpc) is 2.54. The monoisotopic (exact) mass is 341 g/mol. The summed E-state index contributed by atoms with van der Waals surface area (Å²) in [5.74, 6) is 1.56. The summed E-state index contributed by atoms with van der Waals surface area (Å²) in [6.07, 6.45) is 6.25. The Morgan fingerprint density at radius 1 is 1.32 bits per heavy atom. The van der Waals surface area contributed by atoms with E-state index < -0.39 is 6.10 Å². The SMILES string of the molecule is C[C@@H](Oc1ccc(Cl)cc1)C(=O)NCCSC1CCCCC1. The molecule has 0 spiro atoms. The van der Waals surface area contributed by atoms with Crippen LogP contribution < -0.4 is 10.1 Å². The lowest BCUT2D eigenvalue weighted by Gasteiger charge is -2.21. The van der Waals surface area contributed by atoms with E-state index in [2.05, 4.69) is 5.32 Å². The number of benzene rings is 1. The van der Waals surface area contributed by atoms with Gasteiger partial charge in [-0.3, -0.25) is 4.79 Å². The van der Waals surface area contributed by atoms with Gasteiger partial charge in [0.1, 0.15) is 5.75 Å². The molecule has 1 atom stereocenters. The molecule has 0 saturated heterocycles. The molecule has 0 unspecified atom stereocenters. The van der Waals surface area contributed by atoms with Crippen LogP contribution in [0.3, 0.4) is 0 Å². The van der Waals surface area contributed by atoms with Crippen molar-refractivity contribution in [1.29, 1.82) is 0 Å². The van der Waals surface area contributed by atoms with E-state index in [9.17, 15) is 4.79 Å². The van der Waals surface area contributed by atoms with E-state index >= 15 is 0 Å². The maximum Gasteiger partial charge on any atom is 0.260 e. The number of nitrogens with one attached hydrogen (secondary N) is 1. The molecule has 0 heterocycles. The second-order valence-corrected chi connectivity index (χ2v) is 7.48. The van der Waals surface area contributed by atoms with Gasteiger partial charge in [0, 0.05) is 22.6 Å². The highest BCUT2D eigenvalue weighted by Gasteiger charge is 2.16. The molecule has 1 amide bonds. The number of carbonyl (C=O) groups excluding carboxylic acids is 1. The van der Waals surface area contributed by atoms with E-state index in [0.29, 0.717) is 17.3 Å². The Kier molecular flexibility index (Phi) is 7.40. The first kappa shape index (κ1) is 17.5. The van der Waals surface area contributed by atoms with Crippen molar-refractivity contribution < 1.29 is 9.53 Å². The predicted octanol–water partition coefficient (Wildman–Crippen LogP) is 4.29. The maximum absolute atomic E-state index is 12.0. The summed E-state index contributed by atoms with van der Waals surface area (Å²) in [5.41, 5.74) is 0. The molecule has 2 rings (SSSR count). The Bertz CT molecular complexity index is 460. The third-order valence-corrected chi connectivity index (χ3v) is 5.44. The summed E-state index contributed by atoms with van der Waals surface area (Å²) < 4.78 is 5.60. The number of amides is 1. The Morgan fingerprint density at radius 3 is 2.68 bits per heavy atom. The molecule has 5 heteroatoms. The van der Waals surface area contributed by atoms with Gasteiger partial charge in [-0.25, -0.2) is 0 Å². The van der Waals surface area contributed by atoms with Crippen LogP contribution in [0.5, 0.6) is 5.75 Å². The molecule has 0 aliphatic heterocycles. The third kappa shape index (κ3) is 6.09. The Morgan fingerprint density at radius 2 is 2.00 bits per heavy atom. The van der Waals surface area contributed by atoms with Gasteiger partial charge in [-0.15, -0.1) is 0 Å². The molecule has 1 fully saturated rings. The number of rotatable bonds is 7. The van der Waals surface area contributed by atoms with Crippen molar-refractivity contribution in [3.05, 3.63) is 29.3 Å². The minimum Gasteiger partial charge on any atom is -0.481 e. The van der Waals surface area contributed by atoms with E-state index in [0.717, 1.165) is 11.0 Å². The van der Waals surface area contributed by atoms with Crippen LogP contribution in [0.15, 0.2) is 24.3 Å². The van der Waals surface area contributed by atoms with Gasteiger partial charge in [0.05, 0.1) is 0 Å². The van der Waals surface area contributed by atoms with Crippen LogP contribution in [0.2, 0.25) is 5.02 Å². The number of thioether (sulfide) groups is 1. The number of hydrogen-bond donors (Lipinski definition) is 1. The molecule has 1 saturated carbocycles. The van der Waals surface area contributed by atoms with E-state index in [1.165, 1.54) is 32.1 Å². The topological polar surface area (TPSA) is 38.3 Å². The third-order valence-electron chi connectivity index (χ3n) is 3.80. The van der Waals surface area contributed by atoms with E-state index in [-0.39, 0.29) is 5.91 Å². The second-order valence-electron chi connectivity index (χ2n) is 5.64. The molecule has 0 radical (unpaired) electrons. The van der Waals surface area contributed by atoms with Crippen molar-refractivity contribution in [2.24, 2.45) is 0 Å². The Hall–Kier alpha value is -0.870. The Labute approximate surface area is 142 Å². The molecule has 122 valence electrons. The fourth-order valence-electron chi connectivity index (χ4n) is 2.55. The van der Waals surface area contributed by atoms with Crippen LogP contribution in [0, 0.1) is 0 Å². The summed E-state index contributed by atoms with van der Waals surface area (Å²) in [4.78, 5) is 12.0. The molecule has 1 N–H and O–H groups in total. The molecule has 3 nitrogen and oxygen atoms in total. The quantitative estimate of drug-likeness (QED) is 0.752. The van der Waals surface area contributed by atoms with E-state index in [4.69, 9.17) is 16.3 Å². The number of carbonyl (C=O) groups is 1. The highest BCUT2D eigenvalue weighted by atomic mass is 35.5. The molecular weight excluding hydrogens is 318 g/mol. The summed E-state index contributed by atoms with van der Waals surface area (Å²) >= 11 is 7.81.